The number of hydrogen-bond acceptors (Lipinski definition) is 3. The third-order valence-electron chi connectivity index (χ3n) is 3.12. The Labute approximate surface area is 114 Å². The number of hydrogen-bond donors (Lipinski definition) is 1. The fourth-order valence-electron chi connectivity index (χ4n) is 2.06. The Bertz CT molecular complexity index is 549. The van der Waals surface area contributed by atoms with E-state index in [-0.39, 0.29) is 0 Å². The molecule has 0 saturated carbocycles. The van der Waals surface area contributed by atoms with Gasteiger partial charge in [-0.15, -0.1) is 0 Å². The molecule has 0 bridgehead atoms. The molecule has 0 saturated heterocycles. The summed E-state index contributed by atoms with van der Waals surface area (Å²) in [5, 5.41) is 0. The summed E-state index contributed by atoms with van der Waals surface area (Å²) >= 11 is 0. The van der Waals surface area contributed by atoms with Gasteiger partial charge in [-0.2, -0.15) is 0 Å². The molecule has 0 aromatic heterocycles. The third kappa shape index (κ3) is 3.41. The van der Waals surface area contributed by atoms with Crippen LogP contribution in [0.3, 0.4) is 0 Å². The average Bonchev–Trinajstić information content (AvgIpc) is 2.38. The molecule has 0 aliphatic heterocycles. The summed E-state index contributed by atoms with van der Waals surface area (Å²) in [5.74, 6) is 0.798. The van der Waals surface area contributed by atoms with Crippen LogP contribution in [0.4, 0.5) is 11.4 Å². The molecule has 3 nitrogen and oxygen atoms in total. The number of nitrogen functional groups attached to an aromatic ring is 1. The second-order valence-corrected chi connectivity index (χ2v) is 4.81. The number of benzene rings is 2. The molecule has 2 aromatic rings. The highest BCUT2D eigenvalue weighted by molar-refractivity contribution is 5.51. The molecule has 0 radical (unpaired) electrons. The van der Waals surface area contributed by atoms with Crippen molar-refractivity contribution in [2.24, 2.45) is 0 Å². The lowest BCUT2D eigenvalue weighted by molar-refractivity contribution is 0.414. The molecule has 100 valence electrons. The fourth-order valence-corrected chi connectivity index (χ4v) is 2.06. The highest BCUT2D eigenvalue weighted by Crippen LogP contribution is 2.21. The Morgan fingerprint density at radius 1 is 1.11 bits per heavy atom. The molecule has 2 rings (SSSR count). The van der Waals surface area contributed by atoms with Crippen molar-refractivity contribution in [2.45, 2.75) is 13.5 Å². The van der Waals surface area contributed by atoms with E-state index in [0.717, 1.165) is 23.5 Å². The van der Waals surface area contributed by atoms with Crippen LogP contribution in [0.5, 0.6) is 5.75 Å². The van der Waals surface area contributed by atoms with Crippen molar-refractivity contribution in [3.8, 4) is 5.75 Å². The number of ether oxygens (including phenoxy) is 1. The molecule has 19 heavy (non-hydrogen) atoms. The zero-order chi connectivity index (χ0) is 13.8. The summed E-state index contributed by atoms with van der Waals surface area (Å²) in [6.45, 7) is 2.89. The highest BCUT2D eigenvalue weighted by atomic mass is 16.5. The van der Waals surface area contributed by atoms with Crippen LogP contribution in [0.25, 0.3) is 0 Å². The van der Waals surface area contributed by atoms with Gasteiger partial charge in [0.2, 0.25) is 0 Å². The molecule has 0 heterocycles. The predicted octanol–water partition coefficient (Wildman–Crippen LogP) is 3.22. The Morgan fingerprint density at radius 3 is 2.42 bits per heavy atom. The van der Waals surface area contributed by atoms with Gasteiger partial charge in [0.1, 0.15) is 5.75 Å². The number of nitrogens with two attached hydrogens (primary N) is 1. The molecule has 0 spiro atoms. The molecule has 0 fully saturated rings. The number of rotatable bonds is 4. The van der Waals surface area contributed by atoms with Crippen LogP contribution in [-0.2, 0) is 6.54 Å². The Hall–Kier alpha value is -2.16. The quantitative estimate of drug-likeness (QED) is 0.854. The van der Waals surface area contributed by atoms with Crippen molar-refractivity contribution in [2.75, 3.05) is 24.8 Å². The first kappa shape index (κ1) is 13.3. The maximum Gasteiger partial charge on any atom is 0.121 e. The maximum atomic E-state index is 5.87. The standard InChI is InChI=1S/C16H20N2O/c1-12-4-6-15(7-5-12)18(2)11-13-8-14(17)10-16(9-13)19-3/h4-10H,11,17H2,1-3H3. The van der Waals surface area contributed by atoms with E-state index in [1.165, 1.54) is 11.3 Å². The molecular weight excluding hydrogens is 236 g/mol. The minimum atomic E-state index is 0.728. The van der Waals surface area contributed by atoms with Gasteiger partial charge in [0.15, 0.2) is 0 Å². The van der Waals surface area contributed by atoms with Crippen LogP contribution >= 0.6 is 0 Å². The first-order valence-electron chi connectivity index (χ1n) is 6.30. The van der Waals surface area contributed by atoms with Crippen molar-refractivity contribution >= 4 is 11.4 Å². The summed E-state index contributed by atoms with van der Waals surface area (Å²) < 4.78 is 5.24. The first-order chi connectivity index (χ1) is 9.08. The van der Waals surface area contributed by atoms with Gasteiger partial charge in [0.05, 0.1) is 7.11 Å². The van der Waals surface area contributed by atoms with Gasteiger partial charge in [-0.3, -0.25) is 0 Å². The van der Waals surface area contributed by atoms with Crippen molar-refractivity contribution in [1.29, 1.82) is 0 Å². The summed E-state index contributed by atoms with van der Waals surface area (Å²) in [4.78, 5) is 2.19. The summed E-state index contributed by atoms with van der Waals surface area (Å²) in [6.07, 6.45) is 0. The van der Waals surface area contributed by atoms with Crippen LogP contribution in [-0.4, -0.2) is 14.2 Å². The predicted molar refractivity (Wildman–Crippen MR) is 80.7 cm³/mol. The zero-order valence-electron chi connectivity index (χ0n) is 11.7. The maximum absolute atomic E-state index is 5.87. The molecular formula is C16H20N2O. The monoisotopic (exact) mass is 256 g/mol. The summed E-state index contributed by atoms with van der Waals surface area (Å²) in [5.41, 5.74) is 10.2. The van der Waals surface area contributed by atoms with Crippen LogP contribution in [0, 0.1) is 6.92 Å². The van der Waals surface area contributed by atoms with Crippen molar-refractivity contribution in [3.63, 3.8) is 0 Å². The van der Waals surface area contributed by atoms with E-state index in [9.17, 15) is 0 Å². The molecule has 0 aliphatic carbocycles. The number of anilines is 2. The Balaban J connectivity index is 2.16. The van der Waals surface area contributed by atoms with Gasteiger partial charge in [0.25, 0.3) is 0 Å². The van der Waals surface area contributed by atoms with Crippen molar-refractivity contribution in [3.05, 3.63) is 53.6 Å². The first-order valence-corrected chi connectivity index (χ1v) is 6.30. The van der Waals surface area contributed by atoms with Gasteiger partial charge in [0, 0.05) is 31.0 Å². The molecule has 3 heteroatoms. The normalized spacial score (nSPS) is 10.3. The summed E-state index contributed by atoms with van der Waals surface area (Å²) in [6, 6.07) is 14.3. The van der Waals surface area contributed by atoms with E-state index < -0.39 is 0 Å². The van der Waals surface area contributed by atoms with E-state index in [2.05, 4.69) is 43.1 Å². The number of aryl methyl sites for hydroxylation is 1. The van der Waals surface area contributed by atoms with Gasteiger partial charge in [-0.1, -0.05) is 17.7 Å². The topological polar surface area (TPSA) is 38.5 Å². The van der Waals surface area contributed by atoms with E-state index in [1.807, 2.05) is 18.2 Å². The van der Waals surface area contributed by atoms with E-state index in [0.29, 0.717) is 0 Å². The van der Waals surface area contributed by atoms with Crippen LogP contribution in [0.1, 0.15) is 11.1 Å². The van der Waals surface area contributed by atoms with Crippen molar-refractivity contribution < 1.29 is 4.74 Å². The molecule has 0 unspecified atom stereocenters. The van der Waals surface area contributed by atoms with Crippen molar-refractivity contribution in [1.82, 2.24) is 0 Å². The van der Waals surface area contributed by atoms with Gasteiger partial charge in [-0.05, 0) is 36.8 Å². The highest BCUT2D eigenvalue weighted by Gasteiger charge is 2.04. The number of nitrogens with zero attached hydrogens (tertiary/aromatic N) is 1. The third-order valence-corrected chi connectivity index (χ3v) is 3.12. The van der Waals surface area contributed by atoms with Gasteiger partial charge >= 0.3 is 0 Å². The average molecular weight is 256 g/mol. The molecule has 0 atom stereocenters. The second kappa shape index (κ2) is 5.65. The largest absolute Gasteiger partial charge is 0.497 e. The number of methoxy groups -OCH3 is 1. The SMILES string of the molecule is COc1cc(N)cc(CN(C)c2ccc(C)cc2)c1. The minimum absolute atomic E-state index is 0.728. The van der Waals surface area contributed by atoms with Gasteiger partial charge in [-0.25, -0.2) is 0 Å². The molecule has 2 N–H and O–H groups in total. The Morgan fingerprint density at radius 2 is 1.79 bits per heavy atom. The van der Waals surface area contributed by atoms with Gasteiger partial charge < -0.3 is 15.4 Å². The lowest BCUT2D eigenvalue weighted by Crippen LogP contribution is -2.16. The van der Waals surface area contributed by atoms with E-state index in [1.54, 1.807) is 7.11 Å². The fraction of sp³-hybridized carbons (Fsp3) is 0.250. The smallest absolute Gasteiger partial charge is 0.121 e. The summed E-state index contributed by atoms with van der Waals surface area (Å²) in [7, 11) is 3.72. The van der Waals surface area contributed by atoms with E-state index >= 15 is 0 Å². The Kier molecular flexibility index (Phi) is 3.95. The molecule has 0 amide bonds. The van der Waals surface area contributed by atoms with Crippen LogP contribution < -0.4 is 15.4 Å². The van der Waals surface area contributed by atoms with E-state index in [4.69, 9.17) is 10.5 Å². The molecule has 2 aromatic carbocycles. The van der Waals surface area contributed by atoms with Crippen LogP contribution in [0.15, 0.2) is 42.5 Å². The lowest BCUT2D eigenvalue weighted by atomic mass is 10.1. The molecule has 0 aliphatic rings. The lowest BCUT2D eigenvalue weighted by Gasteiger charge is -2.20. The second-order valence-electron chi connectivity index (χ2n) is 4.81. The zero-order valence-corrected chi connectivity index (χ0v) is 11.7. The van der Waals surface area contributed by atoms with Crippen LogP contribution in [0.2, 0.25) is 0 Å². The minimum Gasteiger partial charge on any atom is -0.497 e.